The van der Waals surface area contributed by atoms with E-state index in [2.05, 4.69) is 58.6 Å². The van der Waals surface area contributed by atoms with E-state index in [1.165, 1.54) is 11.1 Å². The van der Waals surface area contributed by atoms with E-state index in [-0.39, 0.29) is 0 Å². The van der Waals surface area contributed by atoms with Crippen LogP contribution in [0.1, 0.15) is 24.5 Å². The lowest BCUT2D eigenvalue weighted by Crippen LogP contribution is -2.44. The second-order valence-corrected chi connectivity index (χ2v) is 4.77. The molecular formula is C16H23N3. The molecule has 0 amide bonds. The first-order valence-electron chi connectivity index (χ1n) is 6.98. The van der Waals surface area contributed by atoms with Gasteiger partial charge in [-0.1, -0.05) is 36.4 Å². The third kappa shape index (κ3) is 3.60. The highest BCUT2D eigenvalue weighted by Gasteiger charge is 2.17. The predicted molar refractivity (Wildman–Crippen MR) is 81.3 cm³/mol. The van der Waals surface area contributed by atoms with E-state index in [9.17, 15) is 0 Å². The molecule has 1 aromatic rings. The minimum atomic E-state index is 0.940. The number of aliphatic imine (C=N–C) groups is 1. The van der Waals surface area contributed by atoms with Crippen LogP contribution in [0.4, 0.5) is 0 Å². The molecule has 0 atom stereocenters. The maximum Gasteiger partial charge on any atom is 0.193 e. The van der Waals surface area contributed by atoms with Gasteiger partial charge < -0.3 is 10.2 Å². The van der Waals surface area contributed by atoms with Crippen LogP contribution in [-0.4, -0.2) is 31.0 Å². The summed E-state index contributed by atoms with van der Waals surface area (Å²) in [6.07, 6.45) is 6.40. The maximum atomic E-state index is 4.39. The molecule has 1 N–H and O–H groups in total. The van der Waals surface area contributed by atoms with E-state index in [1.807, 2.05) is 7.05 Å². The minimum absolute atomic E-state index is 0.940. The first-order valence-corrected chi connectivity index (χ1v) is 6.98. The molecule has 19 heavy (non-hydrogen) atoms. The molecule has 3 nitrogen and oxygen atoms in total. The summed E-state index contributed by atoms with van der Waals surface area (Å²) in [7, 11) is 1.86. The van der Waals surface area contributed by atoms with Gasteiger partial charge in [0.1, 0.15) is 0 Å². The Morgan fingerprint density at radius 3 is 2.89 bits per heavy atom. The first kappa shape index (κ1) is 13.7. The van der Waals surface area contributed by atoms with Gasteiger partial charge in [-0.2, -0.15) is 0 Å². The summed E-state index contributed by atoms with van der Waals surface area (Å²) in [4.78, 5) is 6.72. The van der Waals surface area contributed by atoms with Crippen LogP contribution in [0.15, 0.2) is 41.4 Å². The van der Waals surface area contributed by atoms with Crippen LogP contribution in [-0.2, 0) is 13.0 Å². The van der Waals surface area contributed by atoms with E-state index in [1.54, 1.807) is 0 Å². The van der Waals surface area contributed by atoms with Crippen molar-refractivity contribution in [2.45, 2.75) is 26.3 Å². The zero-order valence-electron chi connectivity index (χ0n) is 11.9. The van der Waals surface area contributed by atoms with Gasteiger partial charge in [0.05, 0.1) is 0 Å². The summed E-state index contributed by atoms with van der Waals surface area (Å²) < 4.78 is 0. The van der Waals surface area contributed by atoms with Crippen LogP contribution in [0.2, 0.25) is 0 Å². The third-order valence-corrected chi connectivity index (χ3v) is 3.47. The molecule has 1 aromatic carbocycles. The van der Waals surface area contributed by atoms with Crippen molar-refractivity contribution in [1.82, 2.24) is 10.2 Å². The Kier molecular flexibility index (Phi) is 5.01. The van der Waals surface area contributed by atoms with Gasteiger partial charge in [0.25, 0.3) is 0 Å². The van der Waals surface area contributed by atoms with Crippen LogP contribution in [0.5, 0.6) is 0 Å². The van der Waals surface area contributed by atoms with Crippen LogP contribution >= 0.6 is 0 Å². The summed E-state index contributed by atoms with van der Waals surface area (Å²) >= 11 is 0. The molecule has 0 bridgehead atoms. The molecule has 2 rings (SSSR count). The van der Waals surface area contributed by atoms with Gasteiger partial charge >= 0.3 is 0 Å². The molecule has 0 spiro atoms. The highest BCUT2D eigenvalue weighted by Crippen LogP contribution is 2.18. The van der Waals surface area contributed by atoms with Crippen molar-refractivity contribution in [3.63, 3.8) is 0 Å². The van der Waals surface area contributed by atoms with Gasteiger partial charge in [-0.3, -0.25) is 4.99 Å². The Bertz CT molecular complexity index is 463. The number of hydrogen-bond donors (Lipinski definition) is 1. The van der Waals surface area contributed by atoms with Gasteiger partial charge in [-0.25, -0.2) is 0 Å². The molecule has 0 saturated carbocycles. The smallest absolute Gasteiger partial charge is 0.193 e. The van der Waals surface area contributed by atoms with Crippen molar-refractivity contribution in [1.29, 1.82) is 0 Å². The van der Waals surface area contributed by atoms with Crippen LogP contribution in [0.25, 0.3) is 0 Å². The Balaban J connectivity index is 1.94. The van der Waals surface area contributed by atoms with Gasteiger partial charge in [-0.15, -0.1) is 0 Å². The number of allylic oxidation sites excluding steroid dienone is 1. The highest BCUT2D eigenvalue weighted by atomic mass is 15.3. The number of nitrogens with one attached hydrogen (secondary N) is 1. The monoisotopic (exact) mass is 257 g/mol. The minimum Gasteiger partial charge on any atom is -0.356 e. The number of guanidine groups is 1. The number of fused-ring (bicyclic) bond motifs is 1. The number of benzene rings is 1. The van der Waals surface area contributed by atoms with E-state index in [0.29, 0.717) is 0 Å². The molecular weight excluding hydrogens is 234 g/mol. The SMILES string of the molecule is CC=CCCNC(=NC)N1CCc2ccccc2C1. The Labute approximate surface area is 116 Å². The molecule has 1 heterocycles. The summed E-state index contributed by atoms with van der Waals surface area (Å²) in [6.45, 7) is 4.99. The molecule has 3 heteroatoms. The average molecular weight is 257 g/mol. The summed E-state index contributed by atoms with van der Waals surface area (Å²) in [5, 5.41) is 3.43. The van der Waals surface area contributed by atoms with Gasteiger partial charge in [0.2, 0.25) is 0 Å². The van der Waals surface area contributed by atoms with Gasteiger partial charge in [0, 0.05) is 26.7 Å². The zero-order chi connectivity index (χ0) is 13.5. The summed E-state index contributed by atoms with van der Waals surface area (Å²) in [5.41, 5.74) is 2.90. The van der Waals surface area contributed by atoms with Crippen molar-refractivity contribution in [3.05, 3.63) is 47.5 Å². The van der Waals surface area contributed by atoms with E-state index in [4.69, 9.17) is 0 Å². The van der Waals surface area contributed by atoms with Crippen molar-refractivity contribution in [2.75, 3.05) is 20.1 Å². The Hall–Kier alpha value is -1.77. The first-order chi connectivity index (χ1) is 9.35. The lowest BCUT2D eigenvalue weighted by Gasteiger charge is -2.31. The van der Waals surface area contributed by atoms with Crippen molar-refractivity contribution in [2.24, 2.45) is 4.99 Å². The topological polar surface area (TPSA) is 27.6 Å². The fourth-order valence-electron chi connectivity index (χ4n) is 2.44. The second-order valence-electron chi connectivity index (χ2n) is 4.77. The molecule has 1 aliphatic heterocycles. The molecule has 0 radical (unpaired) electrons. The fourth-order valence-corrected chi connectivity index (χ4v) is 2.44. The molecule has 0 saturated heterocycles. The molecule has 0 aromatic heterocycles. The van der Waals surface area contributed by atoms with Crippen molar-refractivity contribution < 1.29 is 0 Å². The summed E-state index contributed by atoms with van der Waals surface area (Å²) in [5.74, 6) is 1.01. The third-order valence-electron chi connectivity index (χ3n) is 3.47. The molecule has 0 aliphatic carbocycles. The van der Waals surface area contributed by atoms with E-state index >= 15 is 0 Å². The van der Waals surface area contributed by atoms with Crippen molar-refractivity contribution >= 4 is 5.96 Å². The average Bonchev–Trinajstić information content (AvgIpc) is 2.47. The van der Waals surface area contributed by atoms with Crippen molar-refractivity contribution in [3.8, 4) is 0 Å². The number of hydrogen-bond acceptors (Lipinski definition) is 1. The van der Waals surface area contributed by atoms with Crippen LogP contribution in [0, 0.1) is 0 Å². The fraction of sp³-hybridized carbons (Fsp3) is 0.438. The predicted octanol–water partition coefficient (Wildman–Crippen LogP) is 2.59. The standard InChI is InChI=1S/C16H23N3/c1-3-4-7-11-18-16(17-2)19-12-10-14-8-5-6-9-15(14)13-19/h3-6,8-9H,7,10-13H2,1-2H3,(H,17,18). The molecule has 102 valence electrons. The lowest BCUT2D eigenvalue weighted by atomic mass is 10.0. The normalized spacial score (nSPS) is 15.7. The van der Waals surface area contributed by atoms with E-state index in [0.717, 1.165) is 38.4 Å². The number of rotatable bonds is 3. The van der Waals surface area contributed by atoms with Gasteiger partial charge in [0.15, 0.2) is 5.96 Å². The largest absolute Gasteiger partial charge is 0.356 e. The second kappa shape index (κ2) is 6.98. The maximum absolute atomic E-state index is 4.39. The highest BCUT2D eigenvalue weighted by molar-refractivity contribution is 5.80. The molecule has 1 aliphatic rings. The summed E-state index contributed by atoms with van der Waals surface area (Å²) in [6, 6.07) is 8.69. The van der Waals surface area contributed by atoms with Crippen LogP contribution in [0.3, 0.4) is 0 Å². The Morgan fingerprint density at radius 2 is 2.16 bits per heavy atom. The van der Waals surface area contributed by atoms with Gasteiger partial charge in [-0.05, 0) is 30.9 Å². The van der Waals surface area contributed by atoms with E-state index < -0.39 is 0 Å². The van der Waals surface area contributed by atoms with Crippen LogP contribution < -0.4 is 5.32 Å². The lowest BCUT2D eigenvalue weighted by molar-refractivity contribution is 0.379. The Morgan fingerprint density at radius 1 is 1.37 bits per heavy atom. The molecule has 0 unspecified atom stereocenters. The molecule has 0 fully saturated rings. The zero-order valence-corrected chi connectivity index (χ0v) is 11.9. The number of nitrogens with zero attached hydrogens (tertiary/aromatic N) is 2. The quantitative estimate of drug-likeness (QED) is 0.390.